The van der Waals surface area contributed by atoms with Gasteiger partial charge in [-0.3, -0.25) is 0 Å². The number of hydrogen-bond donors (Lipinski definition) is 0. The fourth-order valence-electron chi connectivity index (χ4n) is 3.62. The van der Waals surface area contributed by atoms with Gasteiger partial charge in [-0.2, -0.15) is 0 Å². The van der Waals surface area contributed by atoms with E-state index in [0.717, 1.165) is 22.1 Å². The van der Waals surface area contributed by atoms with Crippen LogP contribution in [0.3, 0.4) is 0 Å². The Kier molecular flexibility index (Phi) is 7.42. The molecule has 0 N–H and O–H groups in total. The Morgan fingerprint density at radius 2 is 1.33 bits per heavy atom. The van der Waals surface area contributed by atoms with Crippen LogP contribution in [0, 0.1) is 0 Å². The van der Waals surface area contributed by atoms with E-state index in [1.165, 1.54) is 5.56 Å². The highest BCUT2D eigenvalue weighted by Gasteiger charge is 2.29. The molecule has 2 aliphatic heterocycles. The van der Waals surface area contributed by atoms with Crippen molar-refractivity contribution >= 4 is 11.8 Å². The molecule has 0 fully saturated rings. The molecule has 9 heteroatoms. The number of rotatable bonds is 1. The van der Waals surface area contributed by atoms with Gasteiger partial charge in [0.2, 0.25) is 6.54 Å². The lowest BCUT2D eigenvalue weighted by molar-refractivity contribution is -0.782. The Labute approximate surface area is 196 Å². The van der Waals surface area contributed by atoms with Crippen LogP contribution < -0.4 is 14.2 Å². The lowest BCUT2D eigenvalue weighted by atomic mass is 10.1. The molecule has 0 amide bonds. The maximum Gasteiger partial charge on any atom is 0.439 e. The Morgan fingerprint density at radius 3 is 2.00 bits per heavy atom. The number of aromatic nitrogens is 2. The zero-order valence-corrected chi connectivity index (χ0v) is 19.2. The molecule has 2 aromatic carbocycles. The fraction of sp³-hybridized carbons (Fsp3) is 0.417. The second kappa shape index (κ2) is 11.0. The summed E-state index contributed by atoms with van der Waals surface area (Å²) in [6.07, 6.45) is 0. The average Bonchev–Trinajstić information content (AvgIpc) is 3.16. The summed E-state index contributed by atoms with van der Waals surface area (Å²) in [6, 6.07) is 14.0. The molecule has 0 aliphatic carbocycles. The van der Waals surface area contributed by atoms with Crippen LogP contribution in [-0.4, -0.2) is 58.0 Å². The molecule has 0 atom stereocenters. The number of fused-ring (bicyclic) bond motifs is 3. The van der Waals surface area contributed by atoms with E-state index in [-0.39, 0.29) is 0 Å². The van der Waals surface area contributed by atoms with E-state index in [4.69, 9.17) is 33.2 Å². The van der Waals surface area contributed by atoms with Gasteiger partial charge in [0.25, 0.3) is 5.89 Å². The second-order valence-electron chi connectivity index (χ2n) is 7.59. The van der Waals surface area contributed by atoms with Gasteiger partial charge in [-0.05, 0) is 46.3 Å². The summed E-state index contributed by atoms with van der Waals surface area (Å²) in [7, 11) is 0. The normalized spacial score (nSPS) is 17.7. The van der Waals surface area contributed by atoms with Gasteiger partial charge in [-0.25, -0.2) is 0 Å². The van der Waals surface area contributed by atoms with Crippen molar-refractivity contribution in [2.24, 2.45) is 0 Å². The molecule has 33 heavy (non-hydrogen) atoms. The van der Waals surface area contributed by atoms with Crippen molar-refractivity contribution < 1.29 is 32.8 Å². The molecule has 174 valence electrons. The second-order valence-corrected chi connectivity index (χ2v) is 8.51. The maximum absolute atomic E-state index is 6.07. The highest BCUT2D eigenvalue weighted by Crippen LogP contribution is 2.36. The van der Waals surface area contributed by atoms with Crippen molar-refractivity contribution in [2.75, 3.05) is 52.9 Å². The van der Waals surface area contributed by atoms with Crippen molar-refractivity contribution in [1.29, 1.82) is 0 Å². The SMILES string of the molecule is c1ccc(-c2n[n+]3c(o2)SCc2cc4c(cc2C3)OCCOCCOCCOCCO4)cc1. The van der Waals surface area contributed by atoms with Crippen molar-refractivity contribution in [2.45, 2.75) is 17.5 Å². The fourth-order valence-corrected chi connectivity index (χ4v) is 4.56. The van der Waals surface area contributed by atoms with Crippen molar-refractivity contribution in [3.63, 3.8) is 0 Å². The first-order valence-corrected chi connectivity index (χ1v) is 12.1. The monoisotopic (exact) mass is 471 g/mol. The third-order valence-electron chi connectivity index (χ3n) is 5.28. The molecule has 3 aromatic rings. The number of benzene rings is 2. The molecule has 3 heterocycles. The molecular formula is C24H27N2O6S+. The lowest BCUT2D eigenvalue weighted by Crippen LogP contribution is -2.37. The summed E-state index contributed by atoms with van der Waals surface area (Å²) in [5.41, 5.74) is 3.26. The van der Waals surface area contributed by atoms with E-state index in [0.29, 0.717) is 76.8 Å². The van der Waals surface area contributed by atoms with E-state index >= 15 is 0 Å². The third kappa shape index (κ3) is 5.67. The first-order chi connectivity index (χ1) is 16.4. The van der Waals surface area contributed by atoms with Crippen molar-refractivity contribution in [3.05, 3.63) is 53.6 Å². The lowest BCUT2D eigenvalue weighted by Gasteiger charge is -2.15. The zero-order chi connectivity index (χ0) is 22.3. The van der Waals surface area contributed by atoms with Gasteiger partial charge < -0.3 is 28.1 Å². The summed E-state index contributed by atoms with van der Waals surface area (Å²) in [4.78, 5) is 0. The molecule has 1 aromatic heterocycles. The Bertz CT molecular complexity index is 1060. The molecule has 0 spiro atoms. The topological polar surface area (TPSA) is 76.1 Å². The number of thioether (sulfide) groups is 1. The highest BCUT2D eigenvalue weighted by atomic mass is 32.2. The van der Waals surface area contributed by atoms with E-state index in [9.17, 15) is 0 Å². The average molecular weight is 472 g/mol. The molecule has 0 saturated heterocycles. The predicted molar refractivity (Wildman–Crippen MR) is 121 cm³/mol. The zero-order valence-electron chi connectivity index (χ0n) is 18.4. The van der Waals surface area contributed by atoms with Crippen LogP contribution in [0.25, 0.3) is 11.5 Å². The molecule has 0 saturated carbocycles. The first-order valence-electron chi connectivity index (χ1n) is 11.1. The standard InChI is InChI=1S/C24H27N2O6S/c1-2-4-18(5-3-1)23-25-26-16-19-14-21-22(15-20(19)17-33-24(26)32-23)31-13-11-29-9-7-27-6-8-28-10-12-30-21/h1-5,14-15H,6-13,16-17H2/q+1. The minimum Gasteiger partial charge on any atom is -0.487 e. The number of hydrogen-bond acceptors (Lipinski definition) is 8. The quantitative estimate of drug-likeness (QED) is 0.501. The van der Waals surface area contributed by atoms with Crippen LogP contribution in [0.1, 0.15) is 11.1 Å². The third-order valence-corrected chi connectivity index (χ3v) is 6.28. The molecular weight excluding hydrogens is 444 g/mol. The summed E-state index contributed by atoms with van der Waals surface area (Å²) in [5, 5.41) is 5.50. The number of nitrogens with zero attached hydrogens (tertiary/aromatic N) is 2. The van der Waals surface area contributed by atoms with E-state index < -0.39 is 0 Å². The summed E-state index contributed by atoms with van der Waals surface area (Å²) >= 11 is 1.63. The Balaban J connectivity index is 1.37. The smallest absolute Gasteiger partial charge is 0.439 e. The predicted octanol–water partition coefficient (Wildman–Crippen LogP) is 3.10. The summed E-state index contributed by atoms with van der Waals surface area (Å²) < 4.78 is 36.7. The van der Waals surface area contributed by atoms with Gasteiger partial charge in [-0.1, -0.05) is 18.2 Å². The minimum absolute atomic E-state index is 0.431. The Hall–Kier alpha value is -2.59. The number of ether oxygens (including phenoxy) is 5. The van der Waals surface area contributed by atoms with Crippen LogP contribution in [-0.2, 0) is 26.5 Å². The van der Waals surface area contributed by atoms with Crippen LogP contribution in [0.5, 0.6) is 11.5 Å². The van der Waals surface area contributed by atoms with Gasteiger partial charge >= 0.3 is 5.22 Å². The van der Waals surface area contributed by atoms with E-state index in [1.54, 1.807) is 11.8 Å². The molecule has 8 nitrogen and oxygen atoms in total. The van der Waals surface area contributed by atoms with Crippen LogP contribution in [0.4, 0.5) is 0 Å². The highest BCUT2D eigenvalue weighted by molar-refractivity contribution is 7.98. The van der Waals surface area contributed by atoms with Crippen LogP contribution in [0.15, 0.2) is 52.1 Å². The van der Waals surface area contributed by atoms with Gasteiger partial charge in [0.15, 0.2) is 11.5 Å². The molecule has 2 aliphatic rings. The van der Waals surface area contributed by atoms with Gasteiger partial charge in [0.05, 0.1) is 39.6 Å². The van der Waals surface area contributed by atoms with Crippen molar-refractivity contribution in [3.8, 4) is 23.0 Å². The molecule has 0 radical (unpaired) electrons. The molecule has 0 bridgehead atoms. The van der Waals surface area contributed by atoms with Crippen molar-refractivity contribution in [1.82, 2.24) is 5.10 Å². The van der Waals surface area contributed by atoms with Gasteiger partial charge in [0, 0.05) is 22.0 Å². The minimum atomic E-state index is 0.431. The van der Waals surface area contributed by atoms with Gasteiger partial charge in [0.1, 0.15) is 13.2 Å². The molecule has 5 rings (SSSR count). The summed E-state index contributed by atoms with van der Waals surface area (Å²) in [5.74, 6) is 2.79. The van der Waals surface area contributed by atoms with Crippen LogP contribution >= 0.6 is 11.8 Å². The maximum atomic E-state index is 6.07. The Morgan fingerprint density at radius 1 is 0.727 bits per heavy atom. The molecule has 0 unspecified atom stereocenters. The first kappa shape index (κ1) is 22.2. The van der Waals surface area contributed by atoms with Crippen LogP contribution in [0.2, 0.25) is 0 Å². The van der Waals surface area contributed by atoms with E-state index in [2.05, 4.69) is 6.07 Å². The summed E-state index contributed by atoms with van der Waals surface area (Å²) in [6.45, 7) is 4.60. The van der Waals surface area contributed by atoms with E-state index in [1.807, 2.05) is 41.1 Å². The largest absolute Gasteiger partial charge is 0.487 e. The van der Waals surface area contributed by atoms with Gasteiger partial charge in [-0.15, -0.1) is 0 Å².